The molecule has 0 saturated carbocycles. The summed E-state index contributed by atoms with van der Waals surface area (Å²) in [5.74, 6) is -0.0186. The van der Waals surface area contributed by atoms with Crippen LogP contribution < -0.4 is 0 Å². The molecule has 0 atom stereocenters. The number of carbonyl (C=O) groups excluding carboxylic acids is 2. The highest BCUT2D eigenvalue weighted by Gasteiger charge is 2.04. The molecule has 0 fully saturated rings. The van der Waals surface area contributed by atoms with Crippen LogP contribution in [-0.4, -0.2) is 17.2 Å². The molecule has 0 bridgehead atoms. The summed E-state index contributed by atoms with van der Waals surface area (Å²) in [7, 11) is 0. The molecule has 0 radical (unpaired) electrons. The van der Waals surface area contributed by atoms with E-state index in [9.17, 15) is 14.7 Å². The molecule has 0 aliphatic heterocycles. The van der Waals surface area contributed by atoms with Gasteiger partial charge in [-0.15, -0.1) is 0 Å². The lowest BCUT2D eigenvalue weighted by Gasteiger charge is -2.05. The van der Waals surface area contributed by atoms with E-state index in [1.165, 1.54) is 13.0 Å². The molecule has 0 aromatic heterocycles. The zero-order valence-electron chi connectivity index (χ0n) is 9.88. The van der Waals surface area contributed by atoms with Crippen LogP contribution in [0.25, 0.3) is 11.1 Å². The number of rotatable bonds is 3. The number of carbonyl (C=O) groups is 2. The molecule has 1 N–H and O–H groups in total. The number of phenolic OH excluding ortho intramolecular Hbond substituents is 1. The lowest BCUT2D eigenvalue weighted by atomic mass is 10.0. The quantitative estimate of drug-likeness (QED) is 0.662. The van der Waals surface area contributed by atoms with E-state index in [-0.39, 0.29) is 17.1 Å². The summed E-state index contributed by atoms with van der Waals surface area (Å²) in [6.45, 7) is 1.51. The Balaban J connectivity index is 2.42. The molecule has 0 amide bonds. The topological polar surface area (TPSA) is 54.4 Å². The number of aldehydes is 1. The summed E-state index contributed by atoms with van der Waals surface area (Å²) >= 11 is 0. The van der Waals surface area contributed by atoms with Crippen molar-refractivity contribution in [2.24, 2.45) is 0 Å². The third-order valence-electron chi connectivity index (χ3n) is 2.78. The Bertz CT molecular complexity index is 598. The van der Waals surface area contributed by atoms with Gasteiger partial charge < -0.3 is 5.11 Å². The summed E-state index contributed by atoms with van der Waals surface area (Å²) in [6.07, 6.45) is 0.614. The Morgan fingerprint density at radius 3 is 2.22 bits per heavy atom. The van der Waals surface area contributed by atoms with Gasteiger partial charge in [0.15, 0.2) is 12.1 Å². The van der Waals surface area contributed by atoms with Gasteiger partial charge in [0.2, 0.25) is 0 Å². The first-order chi connectivity index (χ1) is 8.61. The lowest BCUT2D eigenvalue weighted by molar-refractivity contribution is 0.101. The van der Waals surface area contributed by atoms with Crippen LogP contribution in [-0.2, 0) is 0 Å². The Hall–Kier alpha value is -2.42. The van der Waals surface area contributed by atoms with Crippen LogP contribution in [0.5, 0.6) is 5.75 Å². The molecular formula is C15H12O3. The Kier molecular flexibility index (Phi) is 3.24. The van der Waals surface area contributed by atoms with Gasteiger partial charge in [-0.2, -0.15) is 0 Å². The molecule has 0 saturated heterocycles. The summed E-state index contributed by atoms with van der Waals surface area (Å²) in [5, 5.41) is 9.42. The van der Waals surface area contributed by atoms with Gasteiger partial charge in [0.1, 0.15) is 5.75 Å². The van der Waals surface area contributed by atoms with E-state index >= 15 is 0 Å². The minimum absolute atomic E-state index is 0.0147. The van der Waals surface area contributed by atoms with E-state index in [1.54, 1.807) is 24.3 Å². The van der Waals surface area contributed by atoms with Crippen molar-refractivity contribution in [3.63, 3.8) is 0 Å². The highest BCUT2D eigenvalue weighted by Crippen LogP contribution is 2.25. The van der Waals surface area contributed by atoms with Gasteiger partial charge in [0.05, 0.1) is 5.56 Å². The maximum absolute atomic E-state index is 11.2. The number of hydrogen-bond acceptors (Lipinski definition) is 3. The van der Waals surface area contributed by atoms with Crippen LogP contribution in [0.3, 0.4) is 0 Å². The van der Waals surface area contributed by atoms with Crippen LogP contribution in [0.1, 0.15) is 27.6 Å². The van der Waals surface area contributed by atoms with Crippen molar-refractivity contribution in [3.8, 4) is 16.9 Å². The molecule has 2 aromatic rings. The molecule has 0 aliphatic rings. The second-order valence-electron chi connectivity index (χ2n) is 4.02. The minimum Gasteiger partial charge on any atom is -0.507 e. The van der Waals surface area contributed by atoms with Crippen molar-refractivity contribution in [1.29, 1.82) is 0 Å². The molecule has 3 nitrogen and oxygen atoms in total. The first-order valence-electron chi connectivity index (χ1n) is 5.51. The summed E-state index contributed by atoms with van der Waals surface area (Å²) < 4.78 is 0. The molecule has 0 spiro atoms. The summed E-state index contributed by atoms with van der Waals surface area (Å²) in [6, 6.07) is 11.9. The molecule has 0 aliphatic carbocycles. The first-order valence-corrected chi connectivity index (χ1v) is 5.51. The SMILES string of the molecule is CC(=O)c1ccc(-c2ccc(O)c(C=O)c2)cc1. The fraction of sp³-hybridized carbons (Fsp3) is 0.0667. The smallest absolute Gasteiger partial charge is 0.159 e. The van der Waals surface area contributed by atoms with Gasteiger partial charge in [-0.05, 0) is 30.2 Å². The fourth-order valence-electron chi connectivity index (χ4n) is 1.73. The Labute approximate surface area is 105 Å². The van der Waals surface area contributed by atoms with Crippen molar-refractivity contribution in [1.82, 2.24) is 0 Å². The third kappa shape index (κ3) is 2.30. The normalized spacial score (nSPS) is 10.1. The lowest BCUT2D eigenvalue weighted by Crippen LogP contribution is -1.91. The number of Topliss-reactive ketones (excluding diaryl/α,β-unsaturated/α-hetero) is 1. The first kappa shape index (κ1) is 12.0. The number of hydrogen-bond donors (Lipinski definition) is 1. The molecule has 90 valence electrons. The molecule has 3 heteroatoms. The molecule has 18 heavy (non-hydrogen) atoms. The van der Waals surface area contributed by atoms with Crippen LogP contribution in [0, 0.1) is 0 Å². The predicted molar refractivity (Wildman–Crippen MR) is 68.9 cm³/mol. The largest absolute Gasteiger partial charge is 0.507 e. The van der Waals surface area contributed by atoms with Gasteiger partial charge in [0.25, 0.3) is 0 Å². The average Bonchev–Trinajstić information content (AvgIpc) is 2.39. The van der Waals surface area contributed by atoms with E-state index in [4.69, 9.17) is 0 Å². The van der Waals surface area contributed by atoms with Gasteiger partial charge in [0, 0.05) is 5.56 Å². The van der Waals surface area contributed by atoms with Crippen molar-refractivity contribution < 1.29 is 14.7 Å². The maximum atomic E-state index is 11.2. The number of benzene rings is 2. The summed E-state index contributed by atoms with van der Waals surface area (Å²) in [5.41, 5.74) is 2.62. The minimum atomic E-state index is -0.0332. The standard InChI is InChI=1S/C15H12O3/c1-10(17)11-2-4-12(5-3-11)13-6-7-15(18)14(8-13)9-16/h2-9,18H,1H3. The molecule has 0 unspecified atom stereocenters. The molecule has 2 aromatic carbocycles. The van der Waals surface area contributed by atoms with E-state index in [0.717, 1.165) is 11.1 Å². The molecule has 0 heterocycles. The van der Waals surface area contributed by atoms with Crippen LogP contribution in [0.2, 0.25) is 0 Å². The summed E-state index contributed by atoms with van der Waals surface area (Å²) in [4.78, 5) is 21.9. The van der Waals surface area contributed by atoms with Gasteiger partial charge in [-0.25, -0.2) is 0 Å². The van der Waals surface area contributed by atoms with Crippen LogP contribution in [0.15, 0.2) is 42.5 Å². The van der Waals surface area contributed by atoms with Gasteiger partial charge >= 0.3 is 0 Å². The second-order valence-corrected chi connectivity index (χ2v) is 4.02. The van der Waals surface area contributed by atoms with Crippen molar-refractivity contribution in [2.45, 2.75) is 6.92 Å². The highest BCUT2D eigenvalue weighted by molar-refractivity contribution is 5.94. The van der Waals surface area contributed by atoms with Gasteiger partial charge in [-0.3, -0.25) is 9.59 Å². The second kappa shape index (κ2) is 4.84. The van der Waals surface area contributed by atoms with E-state index in [0.29, 0.717) is 11.8 Å². The van der Waals surface area contributed by atoms with Crippen LogP contribution >= 0.6 is 0 Å². The average molecular weight is 240 g/mol. The monoisotopic (exact) mass is 240 g/mol. The molecule has 2 rings (SSSR count). The zero-order valence-corrected chi connectivity index (χ0v) is 9.88. The van der Waals surface area contributed by atoms with Crippen molar-refractivity contribution in [3.05, 3.63) is 53.6 Å². The number of phenols is 1. The van der Waals surface area contributed by atoms with E-state index in [1.807, 2.05) is 12.1 Å². The Morgan fingerprint density at radius 2 is 1.67 bits per heavy atom. The zero-order chi connectivity index (χ0) is 13.1. The number of aromatic hydroxyl groups is 1. The van der Waals surface area contributed by atoms with Crippen molar-refractivity contribution in [2.75, 3.05) is 0 Å². The van der Waals surface area contributed by atoms with E-state index in [2.05, 4.69) is 0 Å². The maximum Gasteiger partial charge on any atom is 0.159 e. The van der Waals surface area contributed by atoms with Crippen LogP contribution in [0.4, 0.5) is 0 Å². The molecular weight excluding hydrogens is 228 g/mol. The predicted octanol–water partition coefficient (Wildman–Crippen LogP) is 3.07. The third-order valence-corrected chi connectivity index (χ3v) is 2.78. The number of ketones is 1. The van der Waals surface area contributed by atoms with Crippen molar-refractivity contribution >= 4 is 12.1 Å². The fourth-order valence-corrected chi connectivity index (χ4v) is 1.73. The Morgan fingerprint density at radius 1 is 1.06 bits per heavy atom. The highest BCUT2D eigenvalue weighted by atomic mass is 16.3. The van der Waals surface area contributed by atoms with Gasteiger partial charge in [-0.1, -0.05) is 30.3 Å². The van der Waals surface area contributed by atoms with E-state index < -0.39 is 0 Å².